The van der Waals surface area contributed by atoms with E-state index in [9.17, 15) is 4.79 Å². The normalized spacial score (nSPS) is 16.1. The molecule has 0 aromatic heterocycles. The number of carbonyl (C=O) groups excluding carboxylic acids is 1. The third kappa shape index (κ3) is 2.27. The summed E-state index contributed by atoms with van der Waals surface area (Å²) in [6.45, 7) is 2.33. The van der Waals surface area contributed by atoms with Gasteiger partial charge in [-0.3, -0.25) is 0 Å². The van der Waals surface area contributed by atoms with Gasteiger partial charge in [0.1, 0.15) is 0 Å². The van der Waals surface area contributed by atoms with E-state index in [0.717, 1.165) is 12.0 Å². The summed E-state index contributed by atoms with van der Waals surface area (Å²) in [6, 6.07) is 13.5. The Balaban J connectivity index is 1.62. The molecular weight excluding hydrogens is 250 g/mol. The maximum atomic E-state index is 12.0. The van der Waals surface area contributed by atoms with E-state index < -0.39 is 0 Å². The van der Waals surface area contributed by atoms with Gasteiger partial charge in [-0.05, 0) is 48.2 Å². The highest BCUT2D eigenvalue weighted by Crippen LogP contribution is 2.34. The van der Waals surface area contributed by atoms with Crippen LogP contribution in [0, 0.1) is 6.92 Å². The maximum Gasteiger partial charge on any atom is 0.338 e. The molecule has 0 aliphatic heterocycles. The van der Waals surface area contributed by atoms with Crippen molar-refractivity contribution in [3.05, 3.63) is 64.7 Å². The monoisotopic (exact) mass is 267 g/mol. The lowest BCUT2D eigenvalue weighted by Gasteiger charge is -2.29. The molecule has 0 heterocycles. The fourth-order valence-electron chi connectivity index (χ4n) is 2.57. The van der Waals surface area contributed by atoms with E-state index in [1.54, 1.807) is 18.2 Å². The summed E-state index contributed by atoms with van der Waals surface area (Å²) in [5, 5.41) is 0. The molecule has 2 aromatic rings. The van der Waals surface area contributed by atoms with Crippen molar-refractivity contribution < 1.29 is 9.53 Å². The Bertz CT molecular complexity index is 664. The molecule has 3 heteroatoms. The molecule has 1 aliphatic carbocycles. The topological polar surface area (TPSA) is 52.3 Å². The van der Waals surface area contributed by atoms with Crippen molar-refractivity contribution in [2.45, 2.75) is 19.3 Å². The minimum atomic E-state index is -0.280. The van der Waals surface area contributed by atoms with Crippen LogP contribution in [0.25, 0.3) is 0 Å². The number of carbonyl (C=O) groups is 1. The zero-order valence-electron chi connectivity index (χ0n) is 11.4. The van der Waals surface area contributed by atoms with Gasteiger partial charge in [-0.25, -0.2) is 4.79 Å². The number of ether oxygens (including phenoxy) is 1. The molecule has 0 fully saturated rings. The zero-order chi connectivity index (χ0) is 14.1. The fraction of sp³-hybridized carbons (Fsp3) is 0.235. The quantitative estimate of drug-likeness (QED) is 0.687. The van der Waals surface area contributed by atoms with Gasteiger partial charge in [0.15, 0.2) is 0 Å². The molecule has 0 bridgehead atoms. The molecule has 1 aliphatic rings. The van der Waals surface area contributed by atoms with Gasteiger partial charge in [0.2, 0.25) is 0 Å². The second-order valence-electron chi connectivity index (χ2n) is 5.27. The standard InChI is InChI=1S/C17H17NO2/c1-11-8-13(6-7-16(11)18)17(19)20-10-14-9-12-4-2-3-5-15(12)14/h2-8,14H,9-10,18H2,1H3. The van der Waals surface area contributed by atoms with Crippen LogP contribution in [0.3, 0.4) is 0 Å². The minimum Gasteiger partial charge on any atom is -0.461 e. The maximum absolute atomic E-state index is 12.0. The van der Waals surface area contributed by atoms with E-state index in [4.69, 9.17) is 10.5 Å². The van der Waals surface area contributed by atoms with Gasteiger partial charge in [-0.2, -0.15) is 0 Å². The van der Waals surface area contributed by atoms with Crippen molar-refractivity contribution in [1.29, 1.82) is 0 Å². The molecule has 0 amide bonds. The van der Waals surface area contributed by atoms with Crippen LogP contribution in [0.5, 0.6) is 0 Å². The third-order valence-corrected chi connectivity index (χ3v) is 3.88. The van der Waals surface area contributed by atoms with Gasteiger partial charge in [0, 0.05) is 11.6 Å². The van der Waals surface area contributed by atoms with Crippen LogP contribution < -0.4 is 5.73 Å². The van der Waals surface area contributed by atoms with E-state index in [1.165, 1.54) is 11.1 Å². The van der Waals surface area contributed by atoms with Crippen LogP contribution in [0.2, 0.25) is 0 Å². The van der Waals surface area contributed by atoms with Crippen molar-refractivity contribution in [3.63, 3.8) is 0 Å². The van der Waals surface area contributed by atoms with Crippen LogP contribution in [-0.2, 0) is 11.2 Å². The van der Waals surface area contributed by atoms with Crippen molar-refractivity contribution in [1.82, 2.24) is 0 Å². The third-order valence-electron chi connectivity index (χ3n) is 3.88. The van der Waals surface area contributed by atoms with E-state index in [2.05, 4.69) is 12.1 Å². The second kappa shape index (κ2) is 5.00. The largest absolute Gasteiger partial charge is 0.461 e. The zero-order valence-corrected chi connectivity index (χ0v) is 11.4. The van der Waals surface area contributed by atoms with Gasteiger partial charge >= 0.3 is 5.97 Å². The number of rotatable bonds is 3. The Morgan fingerprint density at radius 2 is 2.10 bits per heavy atom. The van der Waals surface area contributed by atoms with Gasteiger partial charge < -0.3 is 10.5 Å². The molecule has 20 heavy (non-hydrogen) atoms. The molecule has 0 spiro atoms. The smallest absolute Gasteiger partial charge is 0.338 e. The predicted octanol–water partition coefficient (Wildman–Crippen LogP) is 3.07. The molecule has 3 rings (SSSR count). The number of nitrogens with two attached hydrogens (primary N) is 1. The molecule has 3 nitrogen and oxygen atoms in total. The first-order valence-corrected chi connectivity index (χ1v) is 6.76. The van der Waals surface area contributed by atoms with Crippen LogP contribution in [0.1, 0.15) is 33.0 Å². The summed E-state index contributed by atoms with van der Waals surface area (Å²) in [5.74, 6) is 0.0579. The molecule has 102 valence electrons. The van der Waals surface area contributed by atoms with Crippen molar-refractivity contribution in [2.24, 2.45) is 0 Å². The number of hydrogen-bond acceptors (Lipinski definition) is 3. The average molecular weight is 267 g/mol. The van der Waals surface area contributed by atoms with Gasteiger partial charge in [-0.15, -0.1) is 0 Å². The first-order chi connectivity index (χ1) is 9.65. The summed E-state index contributed by atoms with van der Waals surface area (Å²) in [7, 11) is 0. The van der Waals surface area contributed by atoms with Gasteiger partial charge in [0.05, 0.1) is 12.2 Å². The Labute approximate surface area is 118 Å². The molecular formula is C17H17NO2. The molecule has 1 unspecified atom stereocenters. The van der Waals surface area contributed by atoms with Crippen molar-refractivity contribution in [2.75, 3.05) is 12.3 Å². The Morgan fingerprint density at radius 3 is 2.85 bits per heavy atom. The summed E-state index contributed by atoms with van der Waals surface area (Å²) >= 11 is 0. The Kier molecular flexibility index (Phi) is 3.18. The van der Waals surface area contributed by atoms with Crippen LogP contribution >= 0.6 is 0 Å². The molecule has 0 saturated heterocycles. The highest BCUT2D eigenvalue weighted by Gasteiger charge is 2.26. The minimum absolute atomic E-state index is 0.280. The highest BCUT2D eigenvalue weighted by molar-refractivity contribution is 5.90. The number of aryl methyl sites for hydroxylation is 1. The molecule has 0 saturated carbocycles. The molecule has 0 radical (unpaired) electrons. The average Bonchev–Trinajstić information content (AvgIpc) is 2.42. The number of anilines is 1. The first-order valence-electron chi connectivity index (χ1n) is 6.76. The summed E-state index contributed by atoms with van der Waals surface area (Å²) in [5.41, 5.74) is 10.5. The van der Waals surface area contributed by atoms with Gasteiger partial charge in [-0.1, -0.05) is 24.3 Å². The van der Waals surface area contributed by atoms with Crippen LogP contribution in [0.15, 0.2) is 42.5 Å². The predicted molar refractivity (Wildman–Crippen MR) is 78.8 cm³/mol. The highest BCUT2D eigenvalue weighted by atomic mass is 16.5. The molecule has 2 N–H and O–H groups in total. The first kappa shape index (κ1) is 12.7. The van der Waals surface area contributed by atoms with Crippen LogP contribution in [0.4, 0.5) is 5.69 Å². The Morgan fingerprint density at radius 1 is 1.30 bits per heavy atom. The number of benzene rings is 2. The van der Waals surface area contributed by atoms with E-state index >= 15 is 0 Å². The van der Waals surface area contributed by atoms with E-state index in [-0.39, 0.29) is 5.97 Å². The SMILES string of the molecule is Cc1cc(C(=O)OCC2Cc3ccccc32)ccc1N. The summed E-state index contributed by atoms with van der Waals surface area (Å²) < 4.78 is 5.40. The molecule has 1 atom stereocenters. The van der Waals surface area contributed by atoms with Crippen molar-refractivity contribution >= 4 is 11.7 Å². The summed E-state index contributed by atoms with van der Waals surface area (Å²) in [4.78, 5) is 12.0. The molecule has 2 aromatic carbocycles. The second-order valence-corrected chi connectivity index (χ2v) is 5.27. The number of fused-ring (bicyclic) bond motifs is 1. The lowest BCUT2D eigenvalue weighted by atomic mass is 9.78. The number of nitrogen functional groups attached to an aromatic ring is 1. The fourth-order valence-corrected chi connectivity index (χ4v) is 2.57. The Hall–Kier alpha value is -2.29. The number of esters is 1. The van der Waals surface area contributed by atoms with Gasteiger partial charge in [0.25, 0.3) is 0 Å². The van der Waals surface area contributed by atoms with Crippen molar-refractivity contribution in [3.8, 4) is 0 Å². The number of hydrogen-bond donors (Lipinski definition) is 1. The lowest BCUT2D eigenvalue weighted by Crippen LogP contribution is -2.23. The summed E-state index contributed by atoms with van der Waals surface area (Å²) in [6.07, 6.45) is 0.990. The lowest BCUT2D eigenvalue weighted by molar-refractivity contribution is 0.0469. The van der Waals surface area contributed by atoms with E-state index in [1.807, 2.05) is 19.1 Å². The van der Waals surface area contributed by atoms with Crippen LogP contribution in [-0.4, -0.2) is 12.6 Å². The van der Waals surface area contributed by atoms with E-state index in [0.29, 0.717) is 23.8 Å².